The van der Waals surface area contributed by atoms with E-state index in [9.17, 15) is 0 Å². The molecule has 0 radical (unpaired) electrons. The highest BCUT2D eigenvalue weighted by Crippen LogP contribution is 2.14. The van der Waals surface area contributed by atoms with Crippen molar-refractivity contribution in [3.05, 3.63) is 24.4 Å². The number of hydrogen-bond acceptors (Lipinski definition) is 4. The van der Waals surface area contributed by atoms with Crippen LogP contribution in [0.15, 0.2) is 24.4 Å². The Morgan fingerprint density at radius 3 is 2.81 bits per heavy atom. The second kappa shape index (κ2) is 5.82. The molecule has 0 bridgehead atoms. The predicted octanol–water partition coefficient (Wildman–Crippen LogP) is 0.917. The molecule has 0 aliphatic carbocycles. The fraction of sp³-hybridized carbons (Fsp3) is 0.583. The van der Waals surface area contributed by atoms with Crippen molar-refractivity contribution in [3.8, 4) is 0 Å². The summed E-state index contributed by atoms with van der Waals surface area (Å²) in [4.78, 5) is 6.71. The second-order valence-corrected chi connectivity index (χ2v) is 4.26. The molecule has 1 aliphatic heterocycles. The summed E-state index contributed by atoms with van der Waals surface area (Å²) in [5.74, 6) is 0.986. The lowest BCUT2D eigenvalue weighted by Crippen LogP contribution is -2.41. The molecule has 0 saturated carbocycles. The number of nitrogens with two attached hydrogens (primary N) is 1. The summed E-state index contributed by atoms with van der Waals surface area (Å²) >= 11 is 0. The van der Waals surface area contributed by atoms with Crippen LogP contribution in [-0.4, -0.2) is 42.1 Å². The number of likely N-dealkylation sites (tertiary alicyclic amines) is 1. The van der Waals surface area contributed by atoms with Gasteiger partial charge in [-0.1, -0.05) is 6.07 Å². The lowest BCUT2D eigenvalue weighted by molar-refractivity contribution is 0.224. The van der Waals surface area contributed by atoms with Crippen molar-refractivity contribution >= 4 is 5.82 Å². The summed E-state index contributed by atoms with van der Waals surface area (Å²) < 4.78 is 0. The van der Waals surface area contributed by atoms with Crippen LogP contribution in [0, 0.1) is 0 Å². The average Bonchev–Trinajstić information content (AvgIpc) is 2.33. The first-order chi connectivity index (χ1) is 7.88. The third kappa shape index (κ3) is 3.18. The van der Waals surface area contributed by atoms with Crippen LogP contribution in [0.1, 0.15) is 12.8 Å². The van der Waals surface area contributed by atoms with Crippen molar-refractivity contribution in [2.75, 3.05) is 31.5 Å². The molecule has 2 heterocycles. The molecule has 1 fully saturated rings. The second-order valence-electron chi connectivity index (χ2n) is 4.26. The Bertz CT molecular complexity index is 293. The molecule has 1 aromatic rings. The molecule has 1 saturated heterocycles. The van der Waals surface area contributed by atoms with Gasteiger partial charge in [-0.15, -0.1) is 0 Å². The maximum Gasteiger partial charge on any atom is 0.126 e. The van der Waals surface area contributed by atoms with E-state index in [2.05, 4.69) is 15.2 Å². The molecule has 0 aromatic carbocycles. The zero-order chi connectivity index (χ0) is 11.2. The Labute approximate surface area is 96.8 Å². The number of pyridine rings is 1. The molecule has 0 atom stereocenters. The van der Waals surface area contributed by atoms with Crippen molar-refractivity contribution < 1.29 is 0 Å². The maximum absolute atomic E-state index is 5.55. The molecular weight excluding hydrogens is 200 g/mol. The summed E-state index contributed by atoms with van der Waals surface area (Å²) in [6.45, 7) is 4.07. The molecule has 0 amide bonds. The van der Waals surface area contributed by atoms with Crippen LogP contribution >= 0.6 is 0 Å². The highest BCUT2D eigenvalue weighted by atomic mass is 15.1. The van der Waals surface area contributed by atoms with Crippen molar-refractivity contribution in [2.24, 2.45) is 5.73 Å². The van der Waals surface area contributed by atoms with Crippen LogP contribution in [0.4, 0.5) is 5.82 Å². The predicted molar refractivity (Wildman–Crippen MR) is 66.4 cm³/mol. The minimum Gasteiger partial charge on any atom is -0.367 e. The van der Waals surface area contributed by atoms with Gasteiger partial charge >= 0.3 is 0 Å². The quantitative estimate of drug-likeness (QED) is 0.792. The van der Waals surface area contributed by atoms with Crippen LogP contribution in [0.3, 0.4) is 0 Å². The van der Waals surface area contributed by atoms with E-state index in [1.54, 1.807) is 0 Å². The smallest absolute Gasteiger partial charge is 0.126 e. The molecule has 3 N–H and O–H groups in total. The van der Waals surface area contributed by atoms with Gasteiger partial charge in [0.1, 0.15) is 5.82 Å². The van der Waals surface area contributed by atoms with Crippen molar-refractivity contribution in [1.29, 1.82) is 0 Å². The molecule has 1 aliphatic rings. The Hall–Kier alpha value is -1.13. The van der Waals surface area contributed by atoms with Crippen LogP contribution in [0.25, 0.3) is 0 Å². The van der Waals surface area contributed by atoms with Gasteiger partial charge in [-0.25, -0.2) is 4.98 Å². The number of piperidine rings is 1. The van der Waals surface area contributed by atoms with Crippen LogP contribution < -0.4 is 11.1 Å². The zero-order valence-corrected chi connectivity index (χ0v) is 9.60. The van der Waals surface area contributed by atoms with E-state index < -0.39 is 0 Å². The largest absolute Gasteiger partial charge is 0.367 e. The summed E-state index contributed by atoms with van der Waals surface area (Å²) in [5.41, 5.74) is 5.55. The third-order valence-electron chi connectivity index (χ3n) is 3.05. The number of hydrogen-bond donors (Lipinski definition) is 2. The Morgan fingerprint density at radius 1 is 1.38 bits per heavy atom. The van der Waals surface area contributed by atoms with Gasteiger partial charge in [-0.05, 0) is 25.0 Å². The fourth-order valence-electron chi connectivity index (χ4n) is 2.14. The van der Waals surface area contributed by atoms with E-state index >= 15 is 0 Å². The molecule has 0 spiro atoms. The lowest BCUT2D eigenvalue weighted by Gasteiger charge is -2.32. The fourth-order valence-corrected chi connectivity index (χ4v) is 2.14. The maximum atomic E-state index is 5.55. The highest BCUT2D eigenvalue weighted by molar-refractivity contribution is 5.34. The van der Waals surface area contributed by atoms with Gasteiger partial charge in [0.2, 0.25) is 0 Å². The normalized spacial score (nSPS) is 18.6. The Kier molecular flexibility index (Phi) is 4.13. The summed E-state index contributed by atoms with van der Waals surface area (Å²) in [5, 5.41) is 3.47. The van der Waals surface area contributed by atoms with Crippen LogP contribution in [0.2, 0.25) is 0 Å². The number of nitrogens with zero attached hydrogens (tertiary/aromatic N) is 2. The lowest BCUT2D eigenvalue weighted by atomic mass is 10.1. The SMILES string of the molecule is NCCN1CCC(Nc2ccccn2)CC1. The molecular formula is C12H20N4. The number of nitrogens with one attached hydrogen (secondary N) is 1. The molecule has 4 heteroatoms. The average molecular weight is 220 g/mol. The highest BCUT2D eigenvalue weighted by Gasteiger charge is 2.18. The van der Waals surface area contributed by atoms with E-state index in [0.717, 1.165) is 32.0 Å². The van der Waals surface area contributed by atoms with Crippen LogP contribution in [-0.2, 0) is 0 Å². The van der Waals surface area contributed by atoms with Crippen molar-refractivity contribution in [2.45, 2.75) is 18.9 Å². The third-order valence-corrected chi connectivity index (χ3v) is 3.05. The number of rotatable bonds is 4. The summed E-state index contributed by atoms with van der Waals surface area (Å²) in [6.07, 6.45) is 4.18. The first kappa shape index (κ1) is 11.4. The molecule has 1 aromatic heterocycles. The number of aromatic nitrogens is 1. The van der Waals surface area contributed by atoms with E-state index in [1.165, 1.54) is 12.8 Å². The van der Waals surface area contributed by atoms with E-state index in [1.807, 2.05) is 24.4 Å². The Balaban J connectivity index is 1.77. The minimum atomic E-state index is 0.559. The van der Waals surface area contributed by atoms with Gasteiger partial charge in [-0.3, -0.25) is 0 Å². The minimum absolute atomic E-state index is 0.559. The monoisotopic (exact) mass is 220 g/mol. The first-order valence-electron chi connectivity index (χ1n) is 5.98. The van der Waals surface area contributed by atoms with Gasteiger partial charge in [0.05, 0.1) is 0 Å². The zero-order valence-electron chi connectivity index (χ0n) is 9.60. The van der Waals surface area contributed by atoms with Gasteiger partial charge in [0, 0.05) is 38.4 Å². The number of anilines is 1. The van der Waals surface area contributed by atoms with Gasteiger partial charge < -0.3 is 16.0 Å². The van der Waals surface area contributed by atoms with Crippen molar-refractivity contribution in [1.82, 2.24) is 9.88 Å². The van der Waals surface area contributed by atoms with E-state index in [0.29, 0.717) is 6.04 Å². The molecule has 0 unspecified atom stereocenters. The topological polar surface area (TPSA) is 54.2 Å². The van der Waals surface area contributed by atoms with Crippen molar-refractivity contribution in [3.63, 3.8) is 0 Å². The van der Waals surface area contributed by atoms with Gasteiger partial charge in [-0.2, -0.15) is 0 Å². The van der Waals surface area contributed by atoms with Crippen LogP contribution in [0.5, 0.6) is 0 Å². The van der Waals surface area contributed by atoms with E-state index in [-0.39, 0.29) is 0 Å². The van der Waals surface area contributed by atoms with E-state index in [4.69, 9.17) is 5.73 Å². The molecule has 16 heavy (non-hydrogen) atoms. The van der Waals surface area contributed by atoms with Gasteiger partial charge in [0.25, 0.3) is 0 Å². The van der Waals surface area contributed by atoms with Gasteiger partial charge in [0.15, 0.2) is 0 Å². The first-order valence-corrected chi connectivity index (χ1v) is 5.98. The Morgan fingerprint density at radius 2 is 2.19 bits per heavy atom. The standard InChI is InChI=1S/C12H20N4/c13-6-10-16-8-4-11(5-9-16)15-12-3-1-2-7-14-12/h1-3,7,11H,4-6,8-10,13H2,(H,14,15). The molecule has 88 valence electrons. The molecule has 2 rings (SSSR count). The summed E-state index contributed by atoms with van der Waals surface area (Å²) in [7, 11) is 0. The molecule has 4 nitrogen and oxygen atoms in total. The summed E-state index contributed by atoms with van der Waals surface area (Å²) in [6, 6.07) is 6.53.